The number of ketones is 1. The number of aldehydes is 1. The molecule has 0 fully saturated rings. The molecule has 0 atom stereocenters. The predicted molar refractivity (Wildman–Crippen MR) is 51.5 cm³/mol. The van der Waals surface area contributed by atoms with Gasteiger partial charge in [-0.15, -0.1) is 0 Å². The third kappa shape index (κ3) is 2.26. The molecule has 0 aliphatic rings. The molecule has 2 nitrogen and oxygen atoms in total. The maximum Gasteiger partial charge on any atom is 0.264 e. The van der Waals surface area contributed by atoms with Crippen molar-refractivity contribution in [2.45, 2.75) is 20.3 Å². The Balaban J connectivity index is 3.45. The van der Waals surface area contributed by atoms with Crippen LogP contribution in [0.3, 0.4) is 0 Å². The van der Waals surface area contributed by atoms with Crippen LogP contribution < -0.4 is 0 Å². The van der Waals surface area contributed by atoms with Gasteiger partial charge in [0.1, 0.15) is 6.29 Å². The second-order valence-electron chi connectivity index (χ2n) is 3.27. The highest BCUT2D eigenvalue weighted by molar-refractivity contribution is 5.97. The van der Waals surface area contributed by atoms with Crippen LogP contribution >= 0.6 is 0 Å². The molecule has 0 aliphatic heterocycles. The first kappa shape index (κ1) is 11.5. The molecular weight excluding hydrogens is 202 g/mol. The van der Waals surface area contributed by atoms with Gasteiger partial charge in [-0.1, -0.05) is 0 Å². The van der Waals surface area contributed by atoms with Crippen molar-refractivity contribution in [2.75, 3.05) is 0 Å². The Morgan fingerprint density at radius 2 is 2.00 bits per heavy atom. The predicted octanol–water partition coefficient (Wildman–Crippen LogP) is 2.95. The lowest BCUT2D eigenvalue weighted by Gasteiger charge is -2.09. The summed E-state index contributed by atoms with van der Waals surface area (Å²) in [5.74, 6) is -0.464. The maximum absolute atomic E-state index is 12.6. The molecule has 0 bridgehead atoms. The number of hydrogen-bond acceptors (Lipinski definition) is 2. The Bertz CT molecular complexity index is 411. The fourth-order valence-corrected chi connectivity index (χ4v) is 1.36. The average molecular weight is 212 g/mol. The summed E-state index contributed by atoms with van der Waals surface area (Å²) in [6.45, 7) is 2.75. The van der Waals surface area contributed by atoms with Gasteiger partial charge in [0.25, 0.3) is 6.43 Å². The molecule has 0 saturated carbocycles. The summed E-state index contributed by atoms with van der Waals surface area (Å²) in [6.07, 6.45) is -2.15. The van der Waals surface area contributed by atoms with Crippen molar-refractivity contribution in [2.24, 2.45) is 0 Å². The van der Waals surface area contributed by atoms with Crippen molar-refractivity contribution in [3.63, 3.8) is 0 Å². The van der Waals surface area contributed by atoms with E-state index in [0.29, 0.717) is 11.8 Å². The van der Waals surface area contributed by atoms with E-state index in [9.17, 15) is 18.4 Å². The van der Waals surface area contributed by atoms with Crippen LogP contribution in [0.1, 0.15) is 45.2 Å². The third-order valence-corrected chi connectivity index (χ3v) is 2.18. The third-order valence-electron chi connectivity index (χ3n) is 2.18. The second-order valence-corrected chi connectivity index (χ2v) is 3.27. The molecule has 0 aromatic heterocycles. The Kier molecular flexibility index (Phi) is 3.29. The number of aryl methyl sites for hydroxylation is 1. The van der Waals surface area contributed by atoms with E-state index >= 15 is 0 Å². The van der Waals surface area contributed by atoms with Crippen molar-refractivity contribution < 1.29 is 18.4 Å². The van der Waals surface area contributed by atoms with Crippen LogP contribution in [0.2, 0.25) is 0 Å². The minimum atomic E-state index is -2.71. The van der Waals surface area contributed by atoms with Gasteiger partial charge in [-0.05, 0) is 31.5 Å². The summed E-state index contributed by atoms with van der Waals surface area (Å²) in [5.41, 5.74) is 0.318. The van der Waals surface area contributed by atoms with Gasteiger partial charge in [-0.2, -0.15) is 0 Å². The molecule has 1 aromatic carbocycles. The smallest absolute Gasteiger partial charge is 0.264 e. The SMILES string of the molecule is CC(=O)c1cc(C=O)c(C)cc1C(F)F. The van der Waals surface area contributed by atoms with Gasteiger partial charge in [-0.3, -0.25) is 9.59 Å². The number of Topliss-reactive ketones (excluding diaryl/α,β-unsaturated/α-hetero) is 1. The summed E-state index contributed by atoms with van der Waals surface area (Å²) in [7, 11) is 0. The molecule has 0 radical (unpaired) electrons. The number of hydrogen-bond donors (Lipinski definition) is 0. The Hall–Kier alpha value is -1.58. The van der Waals surface area contributed by atoms with Gasteiger partial charge in [0, 0.05) is 16.7 Å². The fourth-order valence-electron chi connectivity index (χ4n) is 1.36. The first-order valence-corrected chi connectivity index (χ1v) is 4.36. The molecule has 1 rings (SSSR count). The normalized spacial score (nSPS) is 10.5. The van der Waals surface area contributed by atoms with E-state index < -0.39 is 12.2 Å². The Labute approximate surface area is 85.9 Å². The molecule has 1 aromatic rings. The molecule has 80 valence electrons. The molecule has 0 aliphatic carbocycles. The molecule has 0 amide bonds. The summed E-state index contributed by atoms with van der Waals surface area (Å²) in [6, 6.07) is 2.40. The van der Waals surface area contributed by atoms with E-state index in [-0.39, 0.29) is 16.7 Å². The summed E-state index contributed by atoms with van der Waals surface area (Å²) >= 11 is 0. The topological polar surface area (TPSA) is 34.1 Å². The number of rotatable bonds is 3. The highest BCUT2D eigenvalue weighted by atomic mass is 19.3. The Morgan fingerprint density at radius 3 is 2.40 bits per heavy atom. The van der Waals surface area contributed by atoms with Crippen LogP contribution in [0, 0.1) is 6.92 Å². The molecule has 0 N–H and O–H groups in total. The summed E-state index contributed by atoms with van der Waals surface area (Å²) < 4.78 is 25.1. The molecule has 0 heterocycles. The van der Waals surface area contributed by atoms with Crippen LogP contribution in [-0.2, 0) is 0 Å². The van der Waals surface area contributed by atoms with Crippen molar-refractivity contribution in [3.8, 4) is 0 Å². The monoisotopic (exact) mass is 212 g/mol. The molecule has 15 heavy (non-hydrogen) atoms. The molecular formula is C11H10F2O2. The van der Waals surface area contributed by atoms with Crippen LogP contribution in [0.15, 0.2) is 12.1 Å². The molecule has 4 heteroatoms. The molecule has 0 saturated heterocycles. The van der Waals surface area contributed by atoms with Gasteiger partial charge >= 0.3 is 0 Å². The van der Waals surface area contributed by atoms with Gasteiger partial charge in [-0.25, -0.2) is 8.78 Å². The zero-order valence-electron chi connectivity index (χ0n) is 8.38. The number of benzene rings is 1. The summed E-state index contributed by atoms with van der Waals surface area (Å²) in [5, 5.41) is 0. The second kappa shape index (κ2) is 4.29. The largest absolute Gasteiger partial charge is 0.298 e. The lowest BCUT2D eigenvalue weighted by Crippen LogP contribution is -2.03. The van der Waals surface area contributed by atoms with Crippen molar-refractivity contribution in [1.82, 2.24) is 0 Å². The van der Waals surface area contributed by atoms with E-state index in [2.05, 4.69) is 0 Å². The van der Waals surface area contributed by atoms with Crippen LogP contribution in [-0.4, -0.2) is 12.1 Å². The van der Waals surface area contributed by atoms with E-state index in [0.717, 1.165) is 0 Å². The van der Waals surface area contributed by atoms with E-state index in [1.165, 1.54) is 19.1 Å². The average Bonchev–Trinajstić information content (AvgIpc) is 2.16. The number of halogens is 2. The first-order chi connectivity index (χ1) is 6.97. The zero-order valence-corrected chi connectivity index (χ0v) is 8.38. The maximum atomic E-state index is 12.6. The van der Waals surface area contributed by atoms with Gasteiger partial charge in [0.15, 0.2) is 5.78 Å². The number of carbonyl (C=O) groups excluding carboxylic acids is 2. The summed E-state index contributed by atoms with van der Waals surface area (Å²) in [4.78, 5) is 21.7. The molecule has 0 spiro atoms. The van der Waals surface area contributed by atoms with Crippen LogP contribution in [0.25, 0.3) is 0 Å². The van der Waals surface area contributed by atoms with Crippen molar-refractivity contribution in [3.05, 3.63) is 34.4 Å². The number of carbonyl (C=O) groups is 2. The highest BCUT2D eigenvalue weighted by Gasteiger charge is 2.17. The number of alkyl halides is 2. The van der Waals surface area contributed by atoms with E-state index in [4.69, 9.17) is 0 Å². The van der Waals surface area contributed by atoms with Crippen LogP contribution in [0.4, 0.5) is 8.78 Å². The zero-order chi connectivity index (χ0) is 11.6. The quantitative estimate of drug-likeness (QED) is 0.570. The first-order valence-electron chi connectivity index (χ1n) is 4.36. The van der Waals surface area contributed by atoms with Gasteiger partial charge < -0.3 is 0 Å². The fraction of sp³-hybridized carbons (Fsp3) is 0.273. The lowest BCUT2D eigenvalue weighted by molar-refractivity contribution is 0.0999. The van der Waals surface area contributed by atoms with Crippen molar-refractivity contribution >= 4 is 12.1 Å². The van der Waals surface area contributed by atoms with Crippen LogP contribution in [0.5, 0.6) is 0 Å². The highest BCUT2D eigenvalue weighted by Crippen LogP contribution is 2.26. The van der Waals surface area contributed by atoms with Gasteiger partial charge in [0.05, 0.1) is 0 Å². The Morgan fingerprint density at radius 1 is 1.40 bits per heavy atom. The van der Waals surface area contributed by atoms with Crippen molar-refractivity contribution in [1.29, 1.82) is 0 Å². The minimum Gasteiger partial charge on any atom is -0.298 e. The standard InChI is InChI=1S/C11H10F2O2/c1-6-3-10(11(12)13)9(7(2)15)4-8(6)5-14/h3-5,11H,1-2H3. The lowest BCUT2D eigenvalue weighted by atomic mass is 9.98. The van der Waals surface area contributed by atoms with Gasteiger partial charge in [0.2, 0.25) is 0 Å². The minimum absolute atomic E-state index is 0.0855. The molecule has 0 unspecified atom stereocenters. The van der Waals surface area contributed by atoms with E-state index in [1.54, 1.807) is 6.92 Å². The van der Waals surface area contributed by atoms with E-state index in [1.807, 2.05) is 0 Å².